The molecule has 49 heavy (non-hydrogen) atoms. The average Bonchev–Trinajstić information content (AvgIpc) is 3.37. The number of nitro groups is 1. The molecule has 2 heterocycles. The van der Waals surface area contributed by atoms with E-state index in [9.17, 15) is 19.7 Å². The van der Waals surface area contributed by atoms with Crippen LogP contribution in [0.1, 0.15) is 56.0 Å². The molecule has 0 aliphatic carbocycles. The van der Waals surface area contributed by atoms with Crippen molar-refractivity contribution in [3.8, 4) is 17.2 Å². The van der Waals surface area contributed by atoms with Crippen LogP contribution in [-0.4, -0.2) is 35.3 Å². The molecule has 0 spiro atoms. The quantitative estimate of drug-likeness (QED) is 0.0747. The highest BCUT2D eigenvalue weighted by Gasteiger charge is 2.35. The third-order valence-electron chi connectivity index (χ3n) is 7.66. The second-order valence-corrected chi connectivity index (χ2v) is 12.4. The van der Waals surface area contributed by atoms with E-state index >= 15 is 0 Å². The normalized spacial score (nSPS) is 14.2. The zero-order valence-electron chi connectivity index (χ0n) is 27.9. The van der Waals surface area contributed by atoms with Gasteiger partial charge in [0.05, 0.1) is 40.5 Å². The van der Waals surface area contributed by atoms with Crippen molar-refractivity contribution in [2.45, 2.75) is 52.9 Å². The lowest BCUT2D eigenvalue weighted by Crippen LogP contribution is -2.40. The lowest BCUT2D eigenvalue weighted by Gasteiger charge is -2.26. The SMILES string of the molecule is C=CCc1cc(/C=c2/sc3n(c2=O)[C@H](c2ccccc2OC(C)C)C(C(=O)OCC)=C(C)N=3)cc(OC)c1OCc1ccc([N+](=O)[O-])cc1. The molecule has 11 nitrogen and oxygen atoms in total. The van der Waals surface area contributed by atoms with Gasteiger partial charge in [0.2, 0.25) is 0 Å². The second kappa shape index (κ2) is 15.2. The van der Waals surface area contributed by atoms with E-state index in [1.54, 1.807) is 44.2 Å². The van der Waals surface area contributed by atoms with Crippen LogP contribution in [0.15, 0.2) is 94.4 Å². The monoisotopic (exact) mass is 683 g/mol. The zero-order chi connectivity index (χ0) is 35.2. The molecular formula is C37H37N3O8S. The van der Waals surface area contributed by atoms with Crippen LogP contribution in [0.4, 0.5) is 5.69 Å². The number of para-hydroxylation sites is 1. The number of benzene rings is 3. The van der Waals surface area contributed by atoms with Gasteiger partial charge in [0.25, 0.3) is 11.2 Å². The molecule has 4 aromatic rings. The molecule has 254 valence electrons. The van der Waals surface area contributed by atoms with Crippen LogP contribution in [0.3, 0.4) is 0 Å². The first-order chi connectivity index (χ1) is 23.6. The highest BCUT2D eigenvalue weighted by atomic mass is 32.1. The van der Waals surface area contributed by atoms with E-state index in [0.29, 0.717) is 49.8 Å². The first-order valence-electron chi connectivity index (χ1n) is 15.7. The number of rotatable bonds is 13. The standard InChI is InChI=1S/C37H37N3O8S/c1-7-11-26-18-25(19-30(45-6)34(26)47-21-24-14-16-27(17-15-24)40(43)44)20-31-35(41)39-33(28-12-9-10-13-29(28)48-22(3)4)32(36(42)46-8-2)23(5)38-37(39)49-31/h7,9-10,12-20,22,33H,1,8,11,21H2,2-6H3/b31-20+/t33-/m1/s1. The average molecular weight is 684 g/mol. The van der Waals surface area contributed by atoms with Crippen molar-refractivity contribution in [3.05, 3.63) is 137 Å². The number of non-ortho nitro benzene ring substituents is 1. The summed E-state index contributed by atoms with van der Waals surface area (Å²) in [6, 6.07) is 16.3. The van der Waals surface area contributed by atoms with Crippen molar-refractivity contribution in [1.29, 1.82) is 0 Å². The Labute approximate surface area is 287 Å². The van der Waals surface area contributed by atoms with E-state index in [4.69, 9.17) is 18.9 Å². The minimum Gasteiger partial charge on any atom is -0.493 e. The minimum absolute atomic E-state index is 0.00462. The Morgan fingerprint density at radius 3 is 2.53 bits per heavy atom. The number of aromatic nitrogens is 1. The third kappa shape index (κ3) is 7.49. The lowest BCUT2D eigenvalue weighted by molar-refractivity contribution is -0.384. The highest BCUT2D eigenvalue weighted by Crippen LogP contribution is 2.37. The molecule has 3 aromatic carbocycles. The molecule has 1 aromatic heterocycles. The molecule has 0 saturated carbocycles. The summed E-state index contributed by atoms with van der Waals surface area (Å²) in [5, 5.41) is 11.0. The molecule has 0 amide bonds. The Balaban J connectivity index is 1.61. The van der Waals surface area contributed by atoms with E-state index in [1.165, 1.54) is 35.1 Å². The number of carbonyl (C=O) groups excluding carboxylic acids is 1. The van der Waals surface area contributed by atoms with E-state index < -0.39 is 16.9 Å². The fourth-order valence-corrected chi connectivity index (χ4v) is 6.61. The summed E-state index contributed by atoms with van der Waals surface area (Å²) in [6.07, 6.45) is 3.80. The number of hydrogen-bond donors (Lipinski definition) is 0. The maximum absolute atomic E-state index is 14.3. The number of hydrogen-bond acceptors (Lipinski definition) is 10. The Morgan fingerprint density at radius 1 is 1.14 bits per heavy atom. The largest absolute Gasteiger partial charge is 0.493 e. The van der Waals surface area contributed by atoms with Crippen LogP contribution in [0.2, 0.25) is 0 Å². The number of nitro benzene ring substituents is 1. The molecule has 0 unspecified atom stereocenters. The number of carbonyl (C=O) groups is 1. The molecular weight excluding hydrogens is 646 g/mol. The summed E-state index contributed by atoms with van der Waals surface area (Å²) < 4.78 is 25.4. The van der Waals surface area contributed by atoms with Gasteiger partial charge in [0.15, 0.2) is 16.3 Å². The first-order valence-corrected chi connectivity index (χ1v) is 16.5. The predicted octanol–water partition coefficient (Wildman–Crippen LogP) is 5.81. The van der Waals surface area contributed by atoms with Gasteiger partial charge < -0.3 is 18.9 Å². The van der Waals surface area contributed by atoms with Crippen LogP contribution < -0.4 is 29.1 Å². The fourth-order valence-electron chi connectivity index (χ4n) is 5.56. The van der Waals surface area contributed by atoms with Crippen molar-refractivity contribution in [3.63, 3.8) is 0 Å². The van der Waals surface area contributed by atoms with E-state index in [2.05, 4.69) is 11.6 Å². The number of thiazole rings is 1. The Hall–Kier alpha value is -5.49. The third-order valence-corrected chi connectivity index (χ3v) is 8.64. The molecule has 0 N–H and O–H groups in total. The number of methoxy groups -OCH3 is 1. The molecule has 5 rings (SSSR count). The first kappa shape index (κ1) is 34.8. The molecule has 1 aliphatic rings. The zero-order valence-corrected chi connectivity index (χ0v) is 28.7. The van der Waals surface area contributed by atoms with Crippen molar-refractivity contribution in [1.82, 2.24) is 4.57 Å². The van der Waals surface area contributed by atoms with Crippen LogP contribution in [-0.2, 0) is 22.6 Å². The van der Waals surface area contributed by atoms with Crippen LogP contribution >= 0.6 is 11.3 Å². The number of ether oxygens (including phenoxy) is 4. The fraction of sp³-hybridized carbons (Fsp3) is 0.270. The van der Waals surface area contributed by atoms with E-state index in [0.717, 1.165) is 11.1 Å². The van der Waals surface area contributed by atoms with Crippen LogP contribution in [0, 0.1) is 10.1 Å². The number of nitrogens with zero attached hydrogens (tertiary/aromatic N) is 3. The molecule has 0 bridgehead atoms. The van der Waals surface area contributed by atoms with Gasteiger partial charge in [0.1, 0.15) is 18.4 Å². The Bertz CT molecular complexity index is 2110. The van der Waals surface area contributed by atoms with Crippen LogP contribution in [0.25, 0.3) is 6.08 Å². The predicted molar refractivity (Wildman–Crippen MR) is 187 cm³/mol. The summed E-state index contributed by atoms with van der Waals surface area (Å²) in [5.41, 5.74) is 3.24. The molecule has 12 heteroatoms. The summed E-state index contributed by atoms with van der Waals surface area (Å²) in [4.78, 5) is 43.4. The van der Waals surface area contributed by atoms with Crippen molar-refractivity contribution in [2.75, 3.05) is 13.7 Å². The summed E-state index contributed by atoms with van der Waals surface area (Å²) >= 11 is 1.21. The summed E-state index contributed by atoms with van der Waals surface area (Å²) in [5.74, 6) is 0.941. The maximum atomic E-state index is 14.3. The Kier molecular flexibility index (Phi) is 10.8. The van der Waals surface area contributed by atoms with Gasteiger partial charge in [-0.2, -0.15) is 0 Å². The van der Waals surface area contributed by atoms with E-state index in [-0.39, 0.29) is 36.1 Å². The number of fused-ring (bicyclic) bond motifs is 1. The Morgan fingerprint density at radius 2 is 1.88 bits per heavy atom. The van der Waals surface area contributed by atoms with E-state index in [1.807, 2.05) is 44.2 Å². The van der Waals surface area contributed by atoms with Crippen LogP contribution in [0.5, 0.6) is 17.2 Å². The topological polar surface area (TPSA) is 131 Å². The molecule has 0 saturated heterocycles. The van der Waals surface area contributed by atoms with Gasteiger partial charge in [-0.1, -0.05) is 35.6 Å². The van der Waals surface area contributed by atoms with Gasteiger partial charge in [-0.25, -0.2) is 9.79 Å². The van der Waals surface area contributed by atoms with Gasteiger partial charge >= 0.3 is 5.97 Å². The number of allylic oxidation sites excluding steroid dienone is 2. The lowest BCUT2D eigenvalue weighted by atomic mass is 9.95. The molecule has 1 aliphatic heterocycles. The van der Waals surface area contributed by atoms with Gasteiger partial charge in [-0.3, -0.25) is 19.5 Å². The smallest absolute Gasteiger partial charge is 0.338 e. The molecule has 1 atom stereocenters. The second-order valence-electron chi connectivity index (χ2n) is 11.4. The minimum atomic E-state index is -0.826. The number of esters is 1. The summed E-state index contributed by atoms with van der Waals surface area (Å²) in [6.45, 7) is 11.5. The van der Waals surface area contributed by atoms with Gasteiger partial charge in [-0.15, -0.1) is 6.58 Å². The van der Waals surface area contributed by atoms with Gasteiger partial charge in [0, 0.05) is 23.3 Å². The highest BCUT2D eigenvalue weighted by molar-refractivity contribution is 7.07. The van der Waals surface area contributed by atoms with Crippen molar-refractivity contribution >= 4 is 29.1 Å². The van der Waals surface area contributed by atoms with Crippen molar-refractivity contribution < 1.29 is 28.7 Å². The maximum Gasteiger partial charge on any atom is 0.338 e. The van der Waals surface area contributed by atoms with Gasteiger partial charge in [-0.05, 0) is 81.7 Å². The van der Waals surface area contributed by atoms with Crippen molar-refractivity contribution in [2.24, 2.45) is 4.99 Å². The molecule has 0 fully saturated rings. The molecule has 0 radical (unpaired) electrons. The summed E-state index contributed by atoms with van der Waals surface area (Å²) in [7, 11) is 1.53.